The molecule has 3 unspecified atom stereocenters. The van der Waals surface area contributed by atoms with Crippen LogP contribution in [0.15, 0.2) is 0 Å². The van der Waals surface area contributed by atoms with Gasteiger partial charge >= 0.3 is 7.12 Å². The highest BCUT2D eigenvalue weighted by Gasteiger charge is 2.54. The molecule has 0 aromatic carbocycles. The Balaban J connectivity index is 2.12. The molecule has 0 bridgehead atoms. The normalized spacial score (nSPS) is 29.4. The second kappa shape index (κ2) is 10.2. The summed E-state index contributed by atoms with van der Waals surface area (Å²) in [5, 5.41) is 6.17. The summed E-state index contributed by atoms with van der Waals surface area (Å²) < 4.78 is 12.3. The highest BCUT2D eigenvalue weighted by molar-refractivity contribution is 6.45. The zero-order chi connectivity index (χ0) is 23.4. The minimum Gasteiger partial charge on any atom is -0.403 e. The summed E-state index contributed by atoms with van der Waals surface area (Å²) in [6, 6.07) is 0. The van der Waals surface area contributed by atoms with Gasteiger partial charge in [0.15, 0.2) is 0 Å². The summed E-state index contributed by atoms with van der Waals surface area (Å²) in [6.45, 7) is 13.3. The van der Waals surface area contributed by atoms with Crippen molar-refractivity contribution in [1.82, 2.24) is 15.5 Å². The fourth-order valence-corrected chi connectivity index (χ4v) is 4.99. The largest absolute Gasteiger partial charge is 0.457 e. The van der Waals surface area contributed by atoms with Crippen LogP contribution in [0, 0.1) is 11.8 Å². The second-order valence-corrected chi connectivity index (χ2v) is 10.8. The van der Waals surface area contributed by atoms with Crippen LogP contribution in [0.3, 0.4) is 0 Å². The molecule has 1 heterocycles. The maximum atomic E-state index is 13.4. The number of amides is 2. The molecule has 7 nitrogen and oxygen atoms in total. The fourth-order valence-electron chi connectivity index (χ4n) is 4.99. The molecule has 2 aliphatic rings. The molecular weight excluding hydrogens is 393 g/mol. The Hall–Kier alpha value is -1.12. The number of hydrogen-bond donors (Lipinski definition) is 2. The molecule has 1 aliphatic heterocycles. The average Bonchev–Trinajstić information content (AvgIpc) is 3.06. The lowest BCUT2D eigenvalue weighted by Gasteiger charge is -2.36. The van der Waals surface area contributed by atoms with Crippen molar-refractivity contribution >= 4 is 18.9 Å². The number of carbonyl (C=O) groups is 2. The van der Waals surface area contributed by atoms with E-state index in [1.807, 2.05) is 14.1 Å². The molecule has 0 aromatic heterocycles. The molecule has 8 heteroatoms. The lowest BCUT2D eigenvalue weighted by atomic mass is 9.79. The molecule has 1 saturated carbocycles. The van der Waals surface area contributed by atoms with Crippen LogP contribution in [-0.4, -0.2) is 67.8 Å². The molecule has 2 rings (SSSR count). The predicted molar refractivity (Wildman–Crippen MR) is 125 cm³/mol. The molecule has 31 heavy (non-hydrogen) atoms. The highest BCUT2D eigenvalue weighted by Crippen LogP contribution is 2.44. The zero-order valence-corrected chi connectivity index (χ0v) is 21.0. The number of hydrogen-bond acceptors (Lipinski definition) is 5. The van der Waals surface area contributed by atoms with Gasteiger partial charge in [-0.15, -0.1) is 0 Å². The summed E-state index contributed by atoms with van der Waals surface area (Å²) in [6.07, 6.45) is 5.21. The molecule has 178 valence electrons. The number of rotatable bonds is 10. The van der Waals surface area contributed by atoms with Crippen LogP contribution in [0.25, 0.3) is 0 Å². The Morgan fingerprint density at radius 2 is 1.74 bits per heavy atom. The van der Waals surface area contributed by atoms with Crippen molar-refractivity contribution in [1.29, 1.82) is 0 Å². The molecule has 3 atom stereocenters. The van der Waals surface area contributed by atoms with E-state index in [1.165, 1.54) is 6.92 Å². The first-order chi connectivity index (χ1) is 14.3. The number of carbonyl (C=O) groups excluding carboxylic acids is 2. The van der Waals surface area contributed by atoms with Gasteiger partial charge in [-0.25, -0.2) is 0 Å². The van der Waals surface area contributed by atoms with Gasteiger partial charge in [0.2, 0.25) is 11.8 Å². The minimum absolute atomic E-state index is 0.0406. The van der Waals surface area contributed by atoms with E-state index in [1.54, 1.807) is 0 Å². The van der Waals surface area contributed by atoms with Crippen molar-refractivity contribution in [3.63, 3.8) is 0 Å². The van der Waals surface area contributed by atoms with E-state index >= 15 is 0 Å². The van der Waals surface area contributed by atoms with Crippen molar-refractivity contribution < 1.29 is 18.9 Å². The van der Waals surface area contributed by atoms with E-state index in [0.29, 0.717) is 18.9 Å². The van der Waals surface area contributed by atoms with Gasteiger partial charge in [-0.05, 0) is 73.3 Å². The Morgan fingerprint density at radius 1 is 1.13 bits per heavy atom. The van der Waals surface area contributed by atoms with Crippen LogP contribution in [0.4, 0.5) is 0 Å². The minimum atomic E-state index is -0.857. The Morgan fingerprint density at radius 3 is 2.26 bits per heavy atom. The van der Waals surface area contributed by atoms with Gasteiger partial charge in [-0.2, -0.15) is 0 Å². The molecule has 2 N–H and O–H groups in total. The molecular formula is C23H44BN3O4. The predicted octanol–water partition coefficient (Wildman–Crippen LogP) is 2.85. The van der Waals surface area contributed by atoms with Gasteiger partial charge in [-0.1, -0.05) is 19.8 Å². The Kier molecular flexibility index (Phi) is 8.62. The standard InChI is InChI=1S/C23H44BN3O4/c1-9-10-13-25-20(29)23(26-17(2)28)15-18(14-19(23)16-27(7)8)11-12-24-30-21(3,4)22(5,6)31-24/h18-19H,9-16H2,1-8H3,(H,25,29)(H,26,28). The van der Waals surface area contributed by atoms with Gasteiger partial charge in [-0.3, -0.25) is 9.59 Å². The molecule has 1 saturated heterocycles. The zero-order valence-electron chi connectivity index (χ0n) is 21.0. The fraction of sp³-hybridized carbons (Fsp3) is 0.913. The quantitative estimate of drug-likeness (QED) is 0.406. The van der Waals surface area contributed by atoms with E-state index in [0.717, 1.165) is 38.5 Å². The summed E-state index contributed by atoms with van der Waals surface area (Å²) in [5.41, 5.74) is -1.52. The molecule has 0 radical (unpaired) electrons. The third-order valence-corrected chi connectivity index (χ3v) is 7.24. The van der Waals surface area contributed by atoms with Gasteiger partial charge in [0.05, 0.1) is 11.2 Å². The van der Waals surface area contributed by atoms with Crippen LogP contribution in [0.5, 0.6) is 0 Å². The van der Waals surface area contributed by atoms with Crippen molar-refractivity contribution in [3.05, 3.63) is 0 Å². The van der Waals surface area contributed by atoms with Crippen LogP contribution in [0.2, 0.25) is 6.32 Å². The maximum absolute atomic E-state index is 13.4. The number of nitrogens with zero attached hydrogens (tertiary/aromatic N) is 1. The van der Waals surface area contributed by atoms with E-state index in [-0.39, 0.29) is 36.1 Å². The summed E-state index contributed by atoms with van der Waals surface area (Å²) in [5.74, 6) is 0.200. The molecule has 2 fully saturated rings. The van der Waals surface area contributed by atoms with Crippen LogP contribution >= 0.6 is 0 Å². The van der Waals surface area contributed by atoms with Crippen LogP contribution in [-0.2, 0) is 18.9 Å². The first kappa shape index (κ1) is 26.1. The van der Waals surface area contributed by atoms with E-state index in [2.05, 4.69) is 50.2 Å². The van der Waals surface area contributed by atoms with Crippen molar-refractivity contribution in [3.8, 4) is 0 Å². The first-order valence-corrected chi connectivity index (χ1v) is 11.9. The molecule has 0 aromatic rings. The lowest BCUT2D eigenvalue weighted by Crippen LogP contribution is -2.62. The van der Waals surface area contributed by atoms with Crippen molar-refractivity contribution in [2.75, 3.05) is 27.2 Å². The van der Waals surface area contributed by atoms with Gasteiger partial charge < -0.3 is 24.8 Å². The maximum Gasteiger partial charge on any atom is 0.457 e. The van der Waals surface area contributed by atoms with Crippen molar-refractivity contribution in [2.24, 2.45) is 11.8 Å². The van der Waals surface area contributed by atoms with Gasteiger partial charge in [0.25, 0.3) is 0 Å². The molecule has 1 aliphatic carbocycles. The summed E-state index contributed by atoms with van der Waals surface area (Å²) in [4.78, 5) is 27.6. The number of unbranched alkanes of at least 4 members (excludes halogenated alkanes) is 1. The third kappa shape index (κ3) is 6.23. The van der Waals surface area contributed by atoms with Gasteiger partial charge in [0, 0.05) is 25.9 Å². The van der Waals surface area contributed by atoms with Crippen molar-refractivity contribution in [2.45, 2.75) is 96.7 Å². The van der Waals surface area contributed by atoms with Crippen LogP contribution in [0.1, 0.15) is 73.6 Å². The Labute approximate surface area is 189 Å². The van der Waals surface area contributed by atoms with E-state index < -0.39 is 5.54 Å². The number of nitrogens with one attached hydrogen (secondary N) is 2. The topological polar surface area (TPSA) is 79.9 Å². The summed E-state index contributed by atoms with van der Waals surface area (Å²) in [7, 11) is 3.81. The van der Waals surface area contributed by atoms with E-state index in [9.17, 15) is 9.59 Å². The molecule has 2 amide bonds. The third-order valence-electron chi connectivity index (χ3n) is 7.24. The van der Waals surface area contributed by atoms with Crippen LogP contribution < -0.4 is 10.6 Å². The average molecular weight is 437 g/mol. The highest BCUT2D eigenvalue weighted by atomic mass is 16.7. The van der Waals surface area contributed by atoms with Gasteiger partial charge in [0.1, 0.15) is 5.54 Å². The Bertz CT molecular complexity index is 624. The smallest absolute Gasteiger partial charge is 0.403 e. The monoisotopic (exact) mass is 437 g/mol. The second-order valence-electron chi connectivity index (χ2n) is 10.8. The SMILES string of the molecule is CCCCNC(=O)C1(NC(C)=O)CC(CCB2OC(C)(C)C(C)(C)O2)CC1CN(C)C. The lowest BCUT2D eigenvalue weighted by molar-refractivity contribution is -0.134. The first-order valence-electron chi connectivity index (χ1n) is 11.9. The van der Waals surface area contributed by atoms with E-state index in [4.69, 9.17) is 9.31 Å². The summed E-state index contributed by atoms with van der Waals surface area (Å²) >= 11 is 0. The molecule has 0 spiro atoms.